The van der Waals surface area contributed by atoms with Gasteiger partial charge in [0.2, 0.25) is 0 Å². The first-order chi connectivity index (χ1) is 12.5. The standard InChI is InChI=1S/C20H17BrN2O3/c21-16-10-11-17(15-9-5-4-8-14(15)16)22-20(26)23-18(19(24)25)12-13-6-2-1-3-7-13/h1-11,18H,12H2,(H,24,25)(H2,22,23,26). The van der Waals surface area contributed by atoms with Crippen molar-refractivity contribution in [1.82, 2.24) is 5.32 Å². The van der Waals surface area contributed by atoms with E-state index in [2.05, 4.69) is 26.6 Å². The normalized spacial score (nSPS) is 11.7. The van der Waals surface area contributed by atoms with Gasteiger partial charge in [0, 0.05) is 16.3 Å². The van der Waals surface area contributed by atoms with Gasteiger partial charge in [-0.1, -0.05) is 70.5 Å². The molecule has 0 aliphatic carbocycles. The quantitative estimate of drug-likeness (QED) is 0.580. The topological polar surface area (TPSA) is 78.4 Å². The van der Waals surface area contributed by atoms with Crippen LogP contribution in [0.15, 0.2) is 71.2 Å². The number of nitrogens with one attached hydrogen (secondary N) is 2. The molecular formula is C20H17BrN2O3. The summed E-state index contributed by atoms with van der Waals surface area (Å²) in [4.78, 5) is 23.8. The molecule has 0 radical (unpaired) electrons. The van der Waals surface area contributed by atoms with Gasteiger partial charge in [0.1, 0.15) is 6.04 Å². The number of aliphatic carboxylic acids is 1. The summed E-state index contributed by atoms with van der Waals surface area (Å²) < 4.78 is 0.923. The van der Waals surface area contributed by atoms with Crippen LogP contribution in [0.5, 0.6) is 0 Å². The highest BCUT2D eigenvalue weighted by Gasteiger charge is 2.20. The van der Waals surface area contributed by atoms with Crippen molar-refractivity contribution < 1.29 is 14.7 Å². The summed E-state index contributed by atoms with van der Waals surface area (Å²) in [5, 5.41) is 16.5. The lowest BCUT2D eigenvalue weighted by atomic mass is 10.1. The molecule has 132 valence electrons. The van der Waals surface area contributed by atoms with E-state index in [4.69, 9.17) is 0 Å². The minimum absolute atomic E-state index is 0.213. The van der Waals surface area contributed by atoms with Crippen molar-refractivity contribution in [2.45, 2.75) is 12.5 Å². The fourth-order valence-corrected chi connectivity index (χ4v) is 3.22. The van der Waals surface area contributed by atoms with E-state index in [0.29, 0.717) is 5.69 Å². The second-order valence-corrected chi connectivity index (χ2v) is 6.67. The largest absolute Gasteiger partial charge is 0.480 e. The molecule has 0 aromatic heterocycles. The molecule has 0 saturated carbocycles. The summed E-state index contributed by atoms with van der Waals surface area (Å²) in [6.07, 6.45) is 0.213. The number of anilines is 1. The van der Waals surface area contributed by atoms with E-state index in [1.54, 1.807) is 6.07 Å². The fourth-order valence-electron chi connectivity index (χ4n) is 2.74. The maximum Gasteiger partial charge on any atom is 0.326 e. The first kappa shape index (κ1) is 17.9. The summed E-state index contributed by atoms with van der Waals surface area (Å²) in [5.74, 6) is -1.08. The maximum absolute atomic E-state index is 12.3. The zero-order chi connectivity index (χ0) is 18.5. The molecular weight excluding hydrogens is 396 g/mol. The Balaban J connectivity index is 1.75. The van der Waals surface area contributed by atoms with Crippen molar-refractivity contribution in [1.29, 1.82) is 0 Å². The summed E-state index contributed by atoms with van der Waals surface area (Å²) in [6.45, 7) is 0. The van der Waals surface area contributed by atoms with Crippen LogP contribution in [0.2, 0.25) is 0 Å². The molecule has 26 heavy (non-hydrogen) atoms. The number of halogens is 1. The van der Waals surface area contributed by atoms with E-state index in [-0.39, 0.29) is 6.42 Å². The number of carboxylic acid groups (broad SMARTS) is 1. The molecule has 0 heterocycles. The van der Waals surface area contributed by atoms with Crippen LogP contribution in [0.25, 0.3) is 10.8 Å². The number of hydrogen-bond acceptors (Lipinski definition) is 2. The summed E-state index contributed by atoms with van der Waals surface area (Å²) in [5.41, 5.74) is 1.46. The lowest BCUT2D eigenvalue weighted by molar-refractivity contribution is -0.139. The lowest BCUT2D eigenvalue weighted by Gasteiger charge is -2.16. The van der Waals surface area contributed by atoms with Gasteiger partial charge in [-0.05, 0) is 23.1 Å². The van der Waals surface area contributed by atoms with E-state index < -0.39 is 18.0 Å². The molecule has 3 aromatic carbocycles. The molecule has 0 aliphatic heterocycles. The molecule has 1 atom stereocenters. The lowest BCUT2D eigenvalue weighted by Crippen LogP contribution is -2.44. The number of carbonyl (C=O) groups excluding carboxylic acids is 1. The fraction of sp³-hybridized carbons (Fsp3) is 0.100. The van der Waals surface area contributed by atoms with Gasteiger partial charge in [0.25, 0.3) is 0 Å². The van der Waals surface area contributed by atoms with Gasteiger partial charge in [-0.15, -0.1) is 0 Å². The van der Waals surface area contributed by atoms with Crippen molar-refractivity contribution in [3.63, 3.8) is 0 Å². The number of hydrogen-bond donors (Lipinski definition) is 3. The zero-order valence-corrected chi connectivity index (χ0v) is 15.4. The highest BCUT2D eigenvalue weighted by atomic mass is 79.9. The van der Waals surface area contributed by atoms with E-state index >= 15 is 0 Å². The van der Waals surface area contributed by atoms with Crippen LogP contribution in [0.4, 0.5) is 10.5 Å². The van der Waals surface area contributed by atoms with Gasteiger partial charge in [0.15, 0.2) is 0 Å². The molecule has 0 spiro atoms. The maximum atomic E-state index is 12.3. The first-order valence-corrected chi connectivity index (χ1v) is 8.85. The molecule has 3 N–H and O–H groups in total. The third kappa shape index (κ3) is 4.21. The molecule has 0 fully saturated rings. The molecule has 5 nitrogen and oxygen atoms in total. The zero-order valence-electron chi connectivity index (χ0n) is 13.8. The van der Waals surface area contributed by atoms with Gasteiger partial charge in [-0.2, -0.15) is 0 Å². The van der Waals surface area contributed by atoms with Crippen LogP contribution < -0.4 is 10.6 Å². The minimum Gasteiger partial charge on any atom is -0.480 e. The molecule has 3 rings (SSSR count). The second-order valence-electron chi connectivity index (χ2n) is 5.82. The van der Waals surface area contributed by atoms with Crippen LogP contribution in [0, 0.1) is 0 Å². The third-order valence-corrected chi connectivity index (χ3v) is 4.70. The highest BCUT2D eigenvalue weighted by Crippen LogP contribution is 2.29. The Morgan fingerprint density at radius 3 is 2.27 bits per heavy atom. The summed E-state index contributed by atoms with van der Waals surface area (Å²) in [7, 11) is 0. The van der Waals surface area contributed by atoms with Crippen LogP contribution in [0.1, 0.15) is 5.56 Å². The van der Waals surface area contributed by atoms with Crippen LogP contribution >= 0.6 is 15.9 Å². The van der Waals surface area contributed by atoms with Crippen molar-refractivity contribution in [2.75, 3.05) is 5.32 Å². The van der Waals surface area contributed by atoms with Gasteiger partial charge in [-0.3, -0.25) is 0 Å². The average Bonchev–Trinajstić information content (AvgIpc) is 2.64. The van der Waals surface area contributed by atoms with Crippen molar-refractivity contribution in [2.24, 2.45) is 0 Å². The van der Waals surface area contributed by atoms with Crippen LogP contribution in [0.3, 0.4) is 0 Å². The number of amides is 2. The number of carbonyl (C=O) groups is 2. The van der Waals surface area contributed by atoms with Crippen molar-refractivity contribution in [3.8, 4) is 0 Å². The van der Waals surface area contributed by atoms with Crippen molar-refractivity contribution in [3.05, 3.63) is 76.8 Å². The third-order valence-electron chi connectivity index (χ3n) is 4.01. The molecule has 0 aliphatic rings. The minimum atomic E-state index is -1.08. The number of fused-ring (bicyclic) bond motifs is 1. The highest BCUT2D eigenvalue weighted by molar-refractivity contribution is 9.10. The number of urea groups is 1. The molecule has 6 heteroatoms. The van der Waals surface area contributed by atoms with Gasteiger partial charge in [-0.25, -0.2) is 9.59 Å². The van der Waals surface area contributed by atoms with Crippen molar-refractivity contribution >= 4 is 44.4 Å². The van der Waals surface area contributed by atoms with E-state index in [1.165, 1.54) is 0 Å². The predicted octanol–water partition coefficient (Wildman–Crippen LogP) is 4.42. The van der Waals surface area contributed by atoms with E-state index in [1.807, 2.05) is 60.7 Å². The molecule has 2 amide bonds. The Morgan fingerprint density at radius 2 is 1.58 bits per heavy atom. The molecule has 0 saturated heterocycles. The smallest absolute Gasteiger partial charge is 0.326 e. The van der Waals surface area contributed by atoms with Gasteiger partial charge >= 0.3 is 12.0 Å². The molecule has 0 bridgehead atoms. The van der Waals surface area contributed by atoms with E-state index in [0.717, 1.165) is 20.8 Å². The number of carboxylic acids is 1. The second kappa shape index (κ2) is 8.01. The summed E-state index contributed by atoms with van der Waals surface area (Å²) >= 11 is 3.49. The van der Waals surface area contributed by atoms with Crippen LogP contribution in [-0.2, 0) is 11.2 Å². The Morgan fingerprint density at radius 1 is 0.923 bits per heavy atom. The SMILES string of the molecule is O=C(Nc1ccc(Br)c2ccccc12)NC(Cc1ccccc1)C(=O)O. The molecule has 1 unspecified atom stereocenters. The van der Waals surface area contributed by atoms with Gasteiger partial charge < -0.3 is 15.7 Å². The Kier molecular flexibility index (Phi) is 5.53. The number of benzene rings is 3. The summed E-state index contributed by atoms with van der Waals surface area (Å²) in [6, 6.07) is 18.9. The Bertz CT molecular complexity index is 944. The Labute approximate surface area is 159 Å². The monoisotopic (exact) mass is 412 g/mol. The van der Waals surface area contributed by atoms with Crippen LogP contribution in [-0.4, -0.2) is 23.1 Å². The molecule has 3 aromatic rings. The number of rotatable bonds is 5. The Hall–Kier alpha value is -2.86. The van der Waals surface area contributed by atoms with Gasteiger partial charge in [0.05, 0.1) is 5.69 Å². The average molecular weight is 413 g/mol. The predicted molar refractivity (Wildman–Crippen MR) is 105 cm³/mol. The van der Waals surface area contributed by atoms with E-state index in [9.17, 15) is 14.7 Å². The first-order valence-electron chi connectivity index (χ1n) is 8.06.